The molecule has 0 unspecified atom stereocenters. The highest BCUT2D eigenvalue weighted by Gasteiger charge is 2.29. The van der Waals surface area contributed by atoms with Gasteiger partial charge in [0, 0.05) is 44.8 Å². The number of hydroxylamine groups is 1. The average Bonchev–Trinajstić information content (AvgIpc) is 2.79. The summed E-state index contributed by atoms with van der Waals surface area (Å²) < 4.78 is 25.8. The third-order valence-electron chi connectivity index (χ3n) is 5.84. The van der Waals surface area contributed by atoms with Crippen LogP contribution in [0.4, 0.5) is 4.79 Å². The van der Waals surface area contributed by atoms with E-state index in [9.17, 15) is 18.0 Å². The number of piperazine rings is 1. The normalized spacial score (nSPS) is 18.3. The minimum atomic E-state index is -3.99. The van der Waals surface area contributed by atoms with Crippen LogP contribution in [-0.4, -0.2) is 81.0 Å². The highest BCUT2D eigenvalue weighted by Crippen LogP contribution is 2.26. The molecule has 1 aliphatic carbocycles. The second kappa shape index (κ2) is 10.2. The number of carbonyl (C=O) groups excluding carboxylic acids is 2. The smallest absolute Gasteiger partial charge is 0.317 e. The van der Waals surface area contributed by atoms with Gasteiger partial charge < -0.3 is 15.1 Å². The van der Waals surface area contributed by atoms with Crippen LogP contribution in [0.2, 0.25) is 5.02 Å². The van der Waals surface area contributed by atoms with E-state index in [1.54, 1.807) is 9.80 Å². The summed E-state index contributed by atoms with van der Waals surface area (Å²) in [5.74, 6) is -0.305. The molecule has 3 rings (SSSR count). The summed E-state index contributed by atoms with van der Waals surface area (Å²) in [6.07, 6.45) is 5.55. The fourth-order valence-electron chi connectivity index (χ4n) is 3.88. The molecule has 1 aliphatic heterocycles. The van der Waals surface area contributed by atoms with Crippen molar-refractivity contribution in [1.82, 2.24) is 19.6 Å². The summed E-state index contributed by atoms with van der Waals surface area (Å²) in [6, 6.07) is 4.30. The van der Waals surface area contributed by atoms with Crippen molar-refractivity contribution in [2.45, 2.75) is 43.0 Å². The van der Waals surface area contributed by atoms with Crippen LogP contribution in [0, 0.1) is 0 Å². The maximum atomic E-state index is 12.9. The van der Waals surface area contributed by atoms with Gasteiger partial charge in [0.05, 0.1) is 12.1 Å². The van der Waals surface area contributed by atoms with Crippen LogP contribution >= 0.6 is 11.6 Å². The Kier molecular flexibility index (Phi) is 7.79. The number of nitrogens with zero attached hydrogens (tertiary/aromatic N) is 3. The molecule has 1 saturated carbocycles. The Balaban J connectivity index is 1.63. The molecule has 31 heavy (non-hydrogen) atoms. The van der Waals surface area contributed by atoms with E-state index in [-0.39, 0.29) is 33.5 Å². The lowest BCUT2D eigenvalue weighted by molar-refractivity contribution is -0.0258. The molecule has 1 heterocycles. The van der Waals surface area contributed by atoms with Crippen molar-refractivity contribution >= 4 is 33.6 Å². The predicted molar refractivity (Wildman–Crippen MR) is 116 cm³/mol. The number of nitrogens with one attached hydrogen (secondary N) is 1. The number of rotatable bonds is 5. The molecular formula is C20H29ClN4O5S. The first kappa shape index (κ1) is 23.8. The molecule has 0 radical (unpaired) electrons. The summed E-state index contributed by atoms with van der Waals surface area (Å²) in [5, 5.41) is 3.10. The molecule has 1 saturated heterocycles. The predicted octanol–water partition coefficient (Wildman–Crippen LogP) is 2.32. The first-order chi connectivity index (χ1) is 14.7. The number of urea groups is 1. The first-order valence-corrected chi connectivity index (χ1v) is 12.2. The van der Waals surface area contributed by atoms with E-state index in [1.165, 1.54) is 38.8 Å². The fourth-order valence-corrected chi connectivity index (χ4v) is 5.35. The topological polar surface area (TPSA) is 99.3 Å². The lowest BCUT2D eigenvalue weighted by Gasteiger charge is -2.36. The summed E-state index contributed by atoms with van der Waals surface area (Å²) in [6.45, 7) is 1.60. The maximum Gasteiger partial charge on any atom is 0.317 e. The highest BCUT2D eigenvalue weighted by molar-refractivity contribution is 7.89. The molecule has 0 aromatic heterocycles. The van der Waals surface area contributed by atoms with Crippen LogP contribution in [0.3, 0.4) is 0 Å². The van der Waals surface area contributed by atoms with Gasteiger partial charge in [-0.25, -0.2) is 13.2 Å². The molecule has 11 heteroatoms. The number of halogens is 1. The standard InChI is InChI=1S/C20H29ClN4O5S/c1-23(30-2)31(28,29)18-14-15(8-9-17(18)21)19(26)24-10-12-25(13-11-24)20(27)22-16-6-4-3-5-7-16/h8-9,14,16H,3-7,10-13H2,1-2H3,(H,22,27). The van der Waals surface area contributed by atoms with Crippen LogP contribution < -0.4 is 5.32 Å². The van der Waals surface area contributed by atoms with E-state index < -0.39 is 10.0 Å². The van der Waals surface area contributed by atoms with Gasteiger partial charge in [0.15, 0.2) is 0 Å². The van der Waals surface area contributed by atoms with E-state index in [0.717, 1.165) is 25.7 Å². The van der Waals surface area contributed by atoms with Gasteiger partial charge in [-0.1, -0.05) is 35.3 Å². The summed E-state index contributed by atoms with van der Waals surface area (Å²) in [7, 11) is -1.52. The minimum Gasteiger partial charge on any atom is -0.335 e. The largest absolute Gasteiger partial charge is 0.335 e. The van der Waals surface area contributed by atoms with Gasteiger partial charge in [-0.3, -0.25) is 9.63 Å². The maximum absolute atomic E-state index is 12.9. The van der Waals surface area contributed by atoms with Crippen LogP contribution in [0.15, 0.2) is 23.1 Å². The highest BCUT2D eigenvalue weighted by atomic mass is 35.5. The van der Waals surface area contributed by atoms with E-state index in [1.807, 2.05) is 0 Å². The van der Waals surface area contributed by atoms with E-state index in [2.05, 4.69) is 5.32 Å². The molecule has 3 amide bonds. The average molecular weight is 473 g/mol. The third-order valence-corrected chi connectivity index (χ3v) is 8.00. The van der Waals surface area contributed by atoms with Gasteiger partial charge in [0.2, 0.25) is 0 Å². The Labute approximate surface area is 188 Å². The van der Waals surface area contributed by atoms with Crippen molar-refractivity contribution in [2.24, 2.45) is 0 Å². The first-order valence-electron chi connectivity index (χ1n) is 10.4. The van der Waals surface area contributed by atoms with Gasteiger partial charge in [0.25, 0.3) is 15.9 Å². The molecule has 2 fully saturated rings. The molecule has 1 aromatic carbocycles. The van der Waals surface area contributed by atoms with E-state index >= 15 is 0 Å². The van der Waals surface area contributed by atoms with Gasteiger partial charge in [-0.05, 0) is 31.0 Å². The number of hydrogen-bond donors (Lipinski definition) is 1. The summed E-state index contributed by atoms with van der Waals surface area (Å²) >= 11 is 6.07. The van der Waals surface area contributed by atoms with Gasteiger partial charge in [-0.2, -0.15) is 0 Å². The Morgan fingerprint density at radius 2 is 1.71 bits per heavy atom. The van der Waals surface area contributed by atoms with Crippen LogP contribution in [-0.2, 0) is 14.9 Å². The van der Waals surface area contributed by atoms with Crippen molar-refractivity contribution < 1.29 is 22.8 Å². The lowest BCUT2D eigenvalue weighted by Crippen LogP contribution is -2.54. The SMILES string of the molecule is CON(C)S(=O)(=O)c1cc(C(=O)N2CCN(C(=O)NC3CCCCC3)CC2)ccc1Cl. The summed E-state index contributed by atoms with van der Waals surface area (Å²) in [4.78, 5) is 33.4. The third kappa shape index (κ3) is 5.49. The number of sulfonamides is 1. The van der Waals surface area contributed by atoms with Crippen molar-refractivity contribution in [1.29, 1.82) is 0 Å². The van der Waals surface area contributed by atoms with Gasteiger partial charge in [0.1, 0.15) is 4.90 Å². The quantitative estimate of drug-likeness (QED) is 0.663. The number of carbonyl (C=O) groups is 2. The zero-order valence-electron chi connectivity index (χ0n) is 17.8. The molecular weight excluding hydrogens is 444 g/mol. The van der Waals surface area contributed by atoms with Crippen LogP contribution in [0.1, 0.15) is 42.5 Å². The fraction of sp³-hybridized carbons (Fsp3) is 0.600. The van der Waals surface area contributed by atoms with Crippen LogP contribution in [0.25, 0.3) is 0 Å². The molecule has 172 valence electrons. The Hall–Kier alpha value is -1.88. The number of amides is 3. The van der Waals surface area contributed by atoms with Crippen LogP contribution in [0.5, 0.6) is 0 Å². The Morgan fingerprint density at radius 3 is 2.32 bits per heavy atom. The van der Waals surface area contributed by atoms with Gasteiger partial charge >= 0.3 is 6.03 Å². The number of benzene rings is 1. The molecule has 2 aliphatic rings. The molecule has 0 bridgehead atoms. The molecule has 9 nitrogen and oxygen atoms in total. The Bertz CT molecular complexity index is 912. The number of hydrogen-bond acceptors (Lipinski definition) is 5. The minimum absolute atomic E-state index is 0.00431. The second-order valence-corrected chi connectivity index (χ2v) is 10.1. The molecule has 1 N–H and O–H groups in total. The zero-order chi connectivity index (χ0) is 22.6. The van der Waals surface area contributed by atoms with E-state index in [0.29, 0.717) is 30.6 Å². The van der Waals surface area contributed by atoms with Gasteiger partial charge in [-0.15, -0.1) is 0 Å². The van der Waals surface area contributed by atoms with Crippen molar-refractivity contribution in [3.63, 3.8) is 0 Å². The monoisotopic (exact) mass is 472 g/mol. The van der Waals surface area contributed by atoms with E-state index in [4.69, 9.17) is 16.4 Å². The van der Waals surface area contributed by atoms with Crippen molar-refractivity contribution in [2.75, 3.05) is 40.3 Å². The summed E-state index contributed by atoms with van der Waals surface area (Å²) in [5.41, 5.74) is 0.215. The lowest BCUT2D eigenvalue weighted by atomic mass is 9.96. The van der Waals surface area contributed by atoms with Crippen molar-refractivity contribution in [3.8, 4) is 0 Å². The zero-order valence-corrected chi connectivity index (χ0v) is 19.4. The molecule has 0 atom stereocenters. The second-order valence-electron chi connectivity index (χ2n) is 7.81. The molecule has 0 spiro atoms. The Morgan fingerprint density at radius 1 is 1.10 bits per heavy atom. The van der Waals surface area contributed by atoms with Crippen molar-refractivity contribution in [3.05, 3.63) is 28.8 Å². The molecule has 1 aromatic rings.